The number of hydrogen-bond acceptors (Lipinski definition) is 4. The van der Waals surface area contributed by atoms with Crippen LogP contribution in [0, 0.1) is 13.8 Å². The highest BCUT2D eigenvalue weighted by atomic mass is 32.2. The number of imidazole rings is 1. The molecule has 0 aliphatic carbocycles. The Balaban J connectivity index is 2.30. The first-order valence-corrected chi connectivity index (χ1v) is 7.10. The van der Waals surface area contributed by atoms with Crippen molar-refractivity contribution in [3.63, 3.8) is 0 Å². The van der Waals surface area contributed by atoms with Crippen LogP contribution < -0.4 is 9.46 Å². The van der Waals surface area contributed by atoms with Gasteiger partial charge in [0.25, 0.3) is 10.0 Å². The van der Waals surface area contributed by atoms with Gasteiger partial charge in [-0.05, 0) is 37.6 Å². The maximum absolute atomic E-state index is 12.1. The summed E-state index contributed by atoms with van der Waals surface area (Å²) < 4.78 is 31.8. The molecule has 0 aliphatic rings. The average Bonchev–Trinajstić information content (AvgIpc) is 2.79. The van der Waals surface area contributed by atoms with Crippen LogP contribution in [0.4, 0.5) is 5.69 Å². The van der Waals surface area contributed by atoms with Crippen molar-refractivity contribution in [3.05, 3.63) is 35.8 Å². The third kappa shape index (κ3) is 2.87. The number of methoxy groups -OCH3 is 1. The zero-order valence-electron chi connectivity index (χ0n) is 10.9. The summed E-state index contributed by atoms with van der Waals surface area (Å²) in [5.74, 6) is 1.23. The SMILES string of the molecule is COc1ccc(NS(=O)(=O)c2cnc(C)[nH]2)c(C)c1. The molecule has 0 unspecified atom stereocenters. The summed E-state index contributed by atoms with van der Waals surface area (Å²) in [5.41, 5.74) is 1.28. The van der Waals surface area contributed by atoms with Gasteiger partial charge in [0, 0.05) is 0 Å². The molecule has 19 heavy (non-hydrogen) atoms. The van der Waals surface area contributed by atoms with E-state index < -0.39 is 10.0 Å². The predicted molar refractivity (Wildman–Crippen MR) is 71.9 cm³/mol. The van der Waals surface area contributed by atoms with Crippen molar-refractivity contribution < 1.29 is 13.2 Å². The van der Waals surface area contributed by atoms with E-state index in [4.69, 9.17) is 4.74 Å². The van der Waals surface area contributed by atoms with Crippen molar-refractivity contribution in [2.45, 2.75) is 18.9 Å². The van der Waals surface area contributed by atoms with E-state index in [0.29, 0.717) is 17.3 Å². The van der Waals surface area contributed by atoms with Gasteiger partial charge in [0.1, 0.15) is 11.6 Å². The van der Waals surface area contributed by atoms with Crippen molar-refractivity contribution in [1.82, 2.24) is 9.97 Å². The third-order valence-corrected chi connectivity index (χ3v) is 3.92. The number of rotatable bonds is 4. The Morgan fingerprint density at radius 2 is 2.05 bits per heavy atom. The number of sulfonamides is 1. The van der Waals surface area contributed by atoms with Gasteiger partial charge >= 0.3 is 0 Å². The highest BCUT2D eigenvalue weighted by molar-refractivity contribution is 7.92. The number of nitrogens with zero attached hydrogens (tertiary/aromatic N) is 1. The number of benzene rings is 1. The number of hydrogen-bond donors (Lipinski definition) is 2. The van der Waals surface area contributed by atoms with Crippen LogP contribution in [0.5, 0.6) is 5.75 Å². The van der Waals surface area contributed by atoms with Crippen molar-refractivity contribution in [3.8, 4) is 5.75 Å². The first kappa shape index (κ1) is 13.4. The Morgan fingerprint density at radius 3 is 2.58 bits per heavy atom. The molecule has 0 radical (unpaired) electrons. The first-order chi connectivity index (χ1) is 8.92. The second kappa shape index (κ2) is 4.93. The lowest BCUT2D eigenvalue weighted by molar-refractivity contribution is 0.414. The Kier molecular flexibility index (Phi) is 3.48. The Labute approximate surface area is 111 Å². The summed E-state index contributed by atoms with van der Waals surface area (Å²) in [6, 6.07) is 5.12. The van der Waals surface area contributed by atoms with Gasteiger partial charge in [-0.15, -0.1) is 0 Å². The molecule has 102 valence electrons. The van der Waals surface area contributed by atoms with Gasteiger partial charge in [-0.1, -0.05) is 0 Å². The van der Waals surface area contributed by atoms with E-state index in [1.807, 2.05) is 0 Å². The number of aromatic amines is 1. The van der Waals surface area contributed by atoms with E-state index >= 15 is 0 Å². The van der Waals surface area contributed by atoms with E-state index in [0.717, 1.165) is 5.56 Å². The fourth-order valence-electron chi connectivity index (χ4n) is 1.61. The quantitative estimate of drug-likeness (QED) is 0.895. The molecular weight excluding hydrogens is 266 g/mol. The van der Waals surface area contributed by atoms with E-state index in [1.54, 1.807) is 39.2 Å². The number of anilines is 1. The average molecular weight is 281 g/mol. The summed E-state index contributed by atoms with van der Waals surface area (Å²) in [6.45, 7) is 3.50. The molecule has 2 rings (SSSR count). The lowest BCUT2D eigenvalue weighted by Gasteiger charge is -2.10. The minimum atomic E-state index is -3.64. The fraction of sp³-hybridized carbons (Fsp3) is 0.250. The molecule has 2 N–H and O–H groups in total. The third-order valence-electron chi connectivity index (χ3n) is 2.65. The molecule has 2 aromatic rings. The topological polar surface area (TPSA) is 84.1 Å². The van der Waals surface area contributed by atoms with Gasteiger partial charge in [-0.3, -0.25) is 4.72 Å². The molecule has 6 nitrogen and oxygen atoms in total. The van der Waals surface area contributed by atoms with Crippen LogP contribution in [-0.2, 0) is 10.0 Å². The molecular formula is C12H15N3O3S. The van der Waals surface area contributed by atoms with Crippen LogP contribution in [0.25, 0.3) is 0 Å². The molecule has 0 fully saturated rings. The number of nitrogens with one attached hydrogen (secondary N) is 2. The largest absolute Gasteiger partial charge is 0.497 e. The number of H-pyrrole nitrogens is 1. The molecule has 0 atom stereocenters. The zero-order chi connectivity index (χ0) is 14.0. The van der Waals surface area contributed by atoms with Crippen LogP contribution in [0.3, 0.4) is 0 Å². The molecule has 0 bridgehead atoms. The lowest BCUT2D eigenvalue weighted by atomic mass is 10.2. The van der Waals surface area contributed by atoms with Gasteiger partial charge in [0.2, 0.25) is 0 Å². The second-order valence-corrected chi connectivity index (χ2v) is 5.77. The molecule has 1 aromatic heterocycles. The van der Waals surface area contributed by atoms with Crippen molar-refractivity contribution in [1.29, 1.82) is 0 Å². The smallest absolute Gasteiger partial charge is 0.278 e. The zero-order valence-corrected chi connectivity index (χ0v) is 11.7. The van der Waals surface area contributed by atoms with Gasteiger partial charge in [0.15, 0.2) is 5.03 Å². The first-order valence-electron chi connectivity index (χ1n) is 5.61. The summed E-state index contributed by atoms with van der Waals surface area (Å²) in [4.78, 5) is 6.57. The van der Waals surface area contributed by atoms with Crippen LogP contribution >= 0.6 is 0 Å². The highest BCUT2D eigenvalue weighted by Gasteiger charge is 2.17. The standard InChI is InChI=1S/C12H15N3O3S/c1-8-6-10(18-3)4-5-11(8)15-19(16,17)12-7-13-9(2)14-12/h4-7,15H,1-3H3,(H,13,14). The van der Waals surface area contributed by atoms with Gasteiger partial charge in [-0.2, -0.15) is 8.42 Å². The maximum Gasteiger partial charge on any atom is 0.278 e. The van der Waals surface area contributed by atoms with E-state index in [-0.39, 0.29) is 5.03 Å². The van der Waals surface area contributed by atoms with E-state index in [2.05, 4.69) is 14.7 Å². The fourth-order valence-corrected chi connectivity index (χ4v) is 2.71. The highest BCUT2D eigenvalue weighted by Crippen LogP contribution is 2.23. The lowest BCUT2D eigenvalue weighted by Crippen LogP contribution is -2.14. The molecule has 7 heteroatoms. The minimum Gasteiger partial charge on any atom is -0.497 e. The Hall–Kier alpha value is -2.02. The molecule has 0 saturated carbocycles. The molecule has 0 amide bonds. The summed E-state index contributed by atoms with van der Waals surface area (Å²) in [7, 11) is -2.08. The van der Waals surface area contributed by atoms with E-state index in [1.165, 1.54) is 6.20 Å². The Bertz CT molecular complexity index is 692. The molecule has 0 aliphatic heterocycles. The number of aryl methyl sites for hydroxylation is 2. The van der Waals surface area contributed by atoms with Gasteiger partial charge in [-0.25, -0.2) is 4.98 Å². The monoisotopic (exact) mass is 281 g/mol. The molecule has 1 heterocycles. The van der Waals surface area contributed by atoms with Gasteiger partial charge in [0.05, 0.1) is 19.0 Å². The molecule has 0 spiro atoms. The van der Waals surface area contributed by atoms with Gasteiger partial charge < -0.3 is 9.72 Å². The predicted octanol–water partition coefficient (Wildman–Crippen LogP) is 1.84. The maximum atomic E-state index is 12.1. The van der Waals surface area contributed by atoms with Crippen LogP contribution in [-0.4, -0.2) is 25.5 Å². The normalized spacial score (nSPS) is 11.3. The van der Waals surface area contributed by atoms with Crippen molar-refractivity contribution in [2.75, 3.05) is 11.8 Å². The summed E-state index contributed by atoms with van der Waals surface area (Å²) >= 11 is 0. The van der Waals surface area contributed by atoms with Crippen LogP contribution in [0.15, 0.2) is 29.4 Å². The van der Waals surface area contributed by atoms with Crippen molar-refractivity contribution in [2.24, 2.45) is 0 Å². The number of ether oxygens (including phenoxy) is 1. The Morgan fingerprint density at radius 1 is 1.32 bits per heavy atom. The van der Waals surface area contributed by atoms with Crippen molar-refractivity contribution >= 4 is 15.7 Å². The molecule has 1 aromatic carbocycles. The van der Waals surface area contributed by atoms with Crippen LogP contribution in [0.2, 0.25) is 0 Å². The van der Waals surface area contributed by atoms with Crippen LogP contribution in [0.1, 0.15) is 11.4 Å². The second-order valence-electron chi connectivity index (χ2n) is 4.12. The minimum absolute atomic E-state index is 0.0419. The number of aromatic nitrogens is 2. The summed E-state index contributed by atoms with van der Waals surface area (Å²) in [6.07, 6.45) is 1.29. The summed E-state index contributed by atoms with van der Waals surface area (Å²) in [5, 5.41) is 0.0419. The van der Waals surface area contributed by atoms with E-state index in [9.17, 15) is 8.42 Å². The molecule has 0 saturated heterocycles.